The van der Waals surface area contributed by atoms with Crippen LogP contribution in [-0.4, -0.2) is 14.2 Å². The van der Waals surface area contributed by atoms with Crippen LogP contribution in [0.1, 0.15) is 11.1 Å². The minimum absolute atomic E-state index is 0.0238. The summed E-state index contributed by atoms with van der Waals surface area (Å²) in [5, 5.41) is 3.03. The summed E-state index contributed by atoms with van der Waals surface area (Å²) >= 11 is 0. The van der Waals surface area contributed by atoms with Crippen molar-refractivity contribution in [2.75, 3.05) is 14.2 Å². The number of halogens is 2. The Morgan fingerprint density at radius 3 is 2.48 bits per heavy atom. The summed E-state index contributed by atoms with van der Waals surface area (Å²) in [5.74, 6) is 0.0402. The van der Waals surface area contributed by atoms with Crippen LogP contribution in [0.25, 0.3) is 0 Å². The predicted octanol–water partition coefficient (Wildman–Crippen LogP) is 3.27. The van der Waals surface area contributed by atoms with Crippen LogP contribution in [0.2, 0.25) is 0 Å². The highest BCUT2D eigenvalue weighted by Gasteiger charge is 2.08. The standard InChI is InChI=1S/C16H17F2NO2/c1-19-9-11-4-6-14(20-2)8-16(11)21-10-12-3-5-13(17)7-15(12)18/h3-8,19H,9-10H2,1-2H3. The van der Waals surface area contributed by atoms with Gasteiger partial charge in [0, 0.05) is 29.8 Å². The molecule has 5 heteroatoms. The average Bonchev–Trinajstić information content (AvgIpc) is 2.48. The second-order valence-corrected chi connectivity index (χ2v) is 4.53. The van der Waals surface area contributed by atoms with E-state index in [9.17, 15) is 8.78 Å². The van der Waals surface area contributed by atoms with E-state index in [4.69, 9.17) is 9.47 Å². The van der Waals surface area contributed by atoms with Crippen LogP contribution >= 0.6 is 0 Å². The first-order valence-electron chi connectivity index (χ1n) is 6.52. The van der Waals surface area contributed by atoms with Crippen molar-refractivity contribution in [2.24, 2.45) is 0 Å². The number of nitrogens with one attached hydrogen (secondary N) is 1. The largest absolute Gasteiger partial charge is 0.497 e. The number of ether oxygens (including phenoxy) is 2. The Hall–Kier alpha value is -2.14. The Labute approximate surface area is 122 Å². The Morgan fingerprint density at radius 2 is 1.81 bits per heavy atom. The van der Waals surface area contributed by atoms with Crippen LogP contribution in [-0.2, 0) is 13.2 Å². The van der Waals surface area contributed by atoms with Crippen molar-refractivity contribution in [3.8, 4) is 11.5 Å². The van der Waals surface area contributed by atoms with Crippen molar-refractivity contribution >= 4 is 0 Å². The maximum atomic E-state index is 13.6. The molecule has 0 aliphatic carbocycles. The van der Waals surface area contributed by atoms with Crippen LogP contribution in [0.5, 0.6) is 11.5 Å². The van der Waals surface area contributed by atoms with Crippen LogP contribution in [0.15, 0.2) is 36.4 Å². The molecule has 0 atom stereocenters. The smallest absolute Gasteiger partial charge is 0.132 e. The maximum Gasteiger partial charge on any atom is 0.132 e. The van der Waals surface area contributed by atoms with Crippen molar-refractivity contribution in [1.29, 1.82) is 0 Å². The minimum Gasteiger partial charge on any atom is -0.497 e. The van der Waals surface area contributed by atoms with Gasteiger partial charge in [0.25, 0.3) is 0 Å². The Morgan fingerprint density at radius 1 is 1.05 bits per heavy atom. The van der Waals surface area contributed by atoms with E-state index in [2.05, 4.69) is 5.32 Å². The molecule has 0 aromatic heterocycles. The molecule has 1 N–H and O–H groups in total. The summed E-state index contributed by atoms with van der Waals surface area (Å²) in [6.45, 7) is 0.640. The molecular formula is C16H17F2NO2. The summed E-state index contributed by atoms with van der Waals surface area (Å²) < 4.78 is 37.3. The molecule has 0 aliphatic heterocycles. The first-order chi connectivity index (χ1) is 10.1. The maximum absolute atomic E-state index is 13.6. The van der Waals surface area contributed by atoms with E-state index < -0.39 is 11.6 Å². The molecule has 0 radical (unpaired) electrons. The van der Waals surface area contributed by atoms with Crippen molar-refractivity contribution in [3.63, 3.8) is 0 Å². The fraction of sp³-hybridized carbons (Fsp3) is 0.250. The molecule has 0 spiro atoms. The van der Waals surface area contributed by atoms with E-state index in [-0.39, 0.29) is 6.61 Å². The van der Waals surface area contributed by atoms with E-state index in [0.717, 1.165) is 11.6 Å². The van der Waals surface area contributed by atoms with Gasteiger partial charge in [0.1, 0.15) is 29.7 Å². The second kappa shape index (κ2) is 7.04. The number of hydrogen-bond acceptors (Lipinski definition) is 3. The molecule has 0 saturated heterocycles. The lowest BCUT2D eigenvalue weighted by Crippen LogP contribution is -2.08. The summed E-state index contributed by atoms with van der Waals surface area (Å²) in [6, 6.07) is 8.89. The zero-order chi connectivity index (χ0) is 15.2. The summed E-state index contributed by atoms with van der Waals surface area (Å²) in [6.07, 6.45) is 0. The van der Waals surface area contributed by atoms with Gasteiger partial charge in [-0.2, -0.15) is 0 Å². The Balaban J connectivity index is 2.17. The molecule has 0 bridgehead atoms. The molecule has 21 heavy (non-hydrogen) atoms. The molecule has 0 unspecified atom stereocenters. The predicted molar refractivity (Wildman–Crippen MR) is 76.4 cm³/mol. The van der Waals surface area contributed by atoms with E-state index in [0.29, 0.717) is 23.6 Å². The normalized spacial score (nSPS) is 10.5. The van der Waals surface area contributed by atoms with Crippen LogP contribution < -0.4 is 14.8 Å². The number of methoxy groups -OCH3 is 1. The highest BCUT2D eigenvalue weighted by atomic mass is 19.1. The van der Waals surface area contributed by atoms with Gasteiger partial charge in [-0.3, -0.25) is 0 Å². The molecule has 3 nitrogen and oxygen atoms in total. The molecular weight excluding hydrogens is 276 g/mol. The molecule has 0 saturated carbocycles. The van der Waals surface area contributed by atoms with Gasteiger partial charge in [0.05, 0.1) is 7.11 Å². The van der Waals surface area contributed by atoms with Crippen LogP contribution in [0.3, 0.4) is 0 Å². The molecule has 0 fully saturated rings. The van der Waals surface area contributed by atoms with E-state index >= 15 is 0 Å². The lowest BCUT2D eigenvalue weighted by Gasteiger charge is -2.13. The van der Waals surface area contributed by atoms with Crippen molar-refractivity contribution < 1.29 is 18.3 Å². The highest BCUT2D eigenvalue weighted by molar-refractivity contribution is 5.41. The molecule has 2 rings (SSSR count). The number of hydrogen-bond donors (Lipinski definition) is 1. The molecule has 2 aromatic rings. The van der Waals surface area contributed by atoms with E-state index in [1.807, 2.05) is 19.2 Å². The zero-order valence-corrected chi connectivity index (χ0v) is 12.0. The Bertz CT molecular complexity index is 617. The van der Waals surface area contributed by atoms with Crippen molar-refractivity contribution in [2.45, 2.75) is 13.2 Å². The van der Waals surface area contributed by atoms with Gasteiger partial charge >= 0.3 is 0 Å². The van der Waals surface area contributed by atoms with Gasteiger partial charge in [0.15, 0.2) is 0 Å². The SMILES string of the molecule is CNCc1ccc(OC)cc1OCc1ccc(F)cc1F. The van der Waals surface area contributed by atoms with E-state index in [1.165, 1.54) is 12.1 Å². The molecule has 0 aliphatic rings. The van der Waals surface area contributed by atoms with Crippen molar-refractivity contribution in [1.82, 2.24) is 5.32 Å². The lowest BCUT2D eigenvalue weighted by atomic mass is 10.2. The van der Waals surface area contributed by atoms with Crippen molar-refractivity contribution in [3.05, 3.63) is 59.2 Å². The monoisotopic (exact) mass is 293 g/mol. The topological polar surface area (TPSA) is 30.5 Å². The third-order valence-electron chi connectivity index (χ3n) is 3.04. The molecule has 2 aromatic carbocycles. The van der Waals surface area contributed by atoms with Gasteiger partial charge in [-0.05, 0) is 25.2 Å². The summed E-state index contributed by atoms with van der Waals surface area (Å²) in [5.41, 5.74) is 1.23. The number of benzene rings is 2. The van der Waals surface area contributed by atoms with Gasteiger partial charge in [0.2, 0.25) is 0 Å². The fourth-order valence-electron chi connectivity index (χ4n) is 1.93. The lowest BCUT2D eigenvalue weighted by molar-refractivity contribution is 0.293. The fourth-order valence-corrected chi connectivity index (χ4v) is 1.93. The summed E-state index contributed by atoms with van der Waals surface area (Å²) in [7, 11) is 3.39. The van der Waals surface area contributed by atoms with Gasteiger partial charge in [-0.25, -0.2) is 8.78 Å². The van der Waals surface area contributed by atoms with Gasteiger partial charge in [-0.15, -0.1) is 0 Å². The van der Waals surface area contributed by atoms with Crippen LogP contribution in [0.4, 0.5) is 8.78 Å². The van der Waals surface area contributed by atoms with Gasteiger partial charge in [-0.1, -0.05) is 6.07 Å². The molecule has 112 valence electrons. The first kappa shape index (κ1) is 15.3. The number of rotatable bonds is 6. The van der Waals surface area contributed by atoms with Gasteiger partial charge < -0.3 is 14.8 Å². The summed E-state index contributed by atoms with van der Waals surface area (Å²) in [4.78, 5) is 0. The quantitative estimate of drug-likeness (QED) is 0.886. The Kier molecular flexibility index (Phi) is 5.11. The molecule has 0 heterocycles. The third-order valence-corrected chi connectivity index (χ3v) is 3.04. The van der Waals surface area contributed by atoms with E-state index in [1.54, 1.807) is 13.2 Å². The van der Waals surface area contributed by atoms with Crippen LogP contribution in [0, 0.1) is 11.6 Å². The third kappa shape index (κ3) is 3.92. The minimum atomic E-state index is -0.618. The first-order valence-corrected chi connectivity index (χ1v) is 6.52. The molecule has 0 amide bonds. The highest BCUT2D eigenvalue weighted by Crippen LogP contribution is 2.26. The zero-order valence-electron chi connectivity index (χ0n) is 12.0. The average molecular weight is 293 g/mol. The second-order valence-electron chi connectivity index (χ2n) is 4.53.